The summed E-state index contributed by atoms with van der Waals surface area (Å²) in [6, 6.07) is 3.70. The minimum absolute atomic E-state index is 0.168. The van der Waals surface area contributed by atoms with Gasteiger partial charge >= 0.3 is 0 Å². The van der Waals surface area contributed by atoms with Crippen molar-refractivity contribution in [3.05, 3.63) is 18.3 Å². The van der Waals surface area contributed by atoms with Crippen LogP contribution >= 0.6 is 11.8 Å². The summed E-state index contributed by atoms with van der Waals surface area (Å²) < 4.78 is 0. The van der Waals surface area contributed by atoms with Gasteiger partial charge < -0.3 is 10.8 Å². The van der Waals surface area contributed by atoms with Gasteiger partial charge in [-0.25, -0.2) is 4.98 Å². The lowest BCUT2D eigenvalue weighted by molar-refractivity contribution is 0.196. The number of thioether (sulfide) groups is 1. The van der Waals surface area contributed by atoms with E-state index in [9.17, 15) is 5.11 Å². The number of rotatable bonds is 3. The summed E-state index contributed by atoms with van der Waals surface area (Å²) in [4.78, 5) is 4.94. The maximum Gasteiger partial charge on any atom is 0.124 e. The van der Waals surface area contributed by atoms with Crippen LogP contribution in [0.3, 0.4) is 0 Å². The number of nitrogens with two attached hydrogens (primary N) is 1. The van der Waals surface area contributed by atoms with Crippen molar-refractivity contribution >= 4 is 17.6 Å². The van der Waals surface area contributed by atoms with Gasteiger partial charge in [0.1, 0.15) is 5.82 Å². The Morgan fingerprint density at radius 2 is 2.23 bits per heavy atom. The number of anilines is 1. The first-order valence-electron chi connectivity index (χ1n) is 4.16. The number of nitrogen functional groups attached to an aromatic ring is 1. The summed E-state index contributed by atoms with van der Waals surface area (Å²) in [7, 11) is 0. The predicted molar refractivity (Wildman–Crippen MR) is 55.6 cm³/mol. The number of aromatic nitrogens is 1. The van der Waals surface area contributed by atoms with Crippen LogP contribution in [0.5, 0.6) is 0 Å². The Morgan fingerprint density at radius 1 is 1.54 bits per heavy atom. The second-order valence-corrected chi connectivity index (χ2v) is 4.43. The highest BCUT2D eigenvalue weighted by molar-refractivity contribution is 8.00. The minimum atomic E-state index is -0.320. The Bertz CT molecular complexity index is 278. The van der Waals surface area contributed by atoms with E-state index < -0.39 is 0 Å². The highest BCUT2D eigenvalue weighted by Gasteiger charge is 2.10. The minimum Gasteiger partial charge on any atom is -0.392 e. The smallest absolute Gasteiger partial charge is 0.124 e. The van der Waals surface area contributed by atoms with Crippen LogP contribution in [-0.2, 0) is 0 Å². The van der Waals surface area contributed by atoms with E-state index in [4.69, 9.17) is 5.73 Å². The first-order chi connectivity index (χ1) is 6.09. The molecule has 1 rings (SSSR count). The number of aliphatic hydroxyl groups is 1. The topological polar surface area (TPSA) is 59.1 Å². The molecule has 1 heterocycles. The molecule has 4 heteroatoms. The molecule has 2 unspecified atom stereocenters. The normalized spacial score (nSPS) is 15.3. The molecule has 0 fully saturated rings. The van der Waals surface area contributed by atoms with E-state index >= 15 is 0 Å². The van der Waals surface area contributed by atoms with Crippen molar-refractivity contribution in [1.82, 2.24) is 4.98 Å². The highest BCUT2D eigenvalue weighted by Crippen LogP contribution is 2.25. The number of hydrogen-bond acceptors (Lipinski definition) is 4. The fourth-order valence-electron chi connectivity index (χ4n) is 0.814. The van der Waals surface area contributed by atoms with Crippen molar-refractivity contribution in [3.8, 4) is 0 Å². The average molecular weight is 198 g/mol. The van der Waals surface area contributed by atoms with Gasteiger partial charge in [0, 0.05) is 16.3 Å². The SMILES string of the molecule is CC(O)C(C)Sc1ccnc(N)c1. The van der Waals surface area contributed by atoms with E-state index in [1.807, 2.05) is 19.1 Å². The quantitative estimate of drug-likeness (QED) is 0.723. The van der Waals surface area contributed by atoms with Gasteiger partial charge in [-0.05, 0) is 19.1 Å². The Hall–Kier alpha value is -0.740. The molecule has 2 atom stereocenters. The Morgan fingerprint density at radius 3 is 2.77 bits per heavy atom. The van der Waals surface area contributed by atoms with E-state index in [0.717, 1.165) is 4.90 Å². The van der Waals surface area contributed by atoms with Gasteiger partial charge in [-0.1, -0.05) is 6.92 Å². The molecule has 1 aromatic heterocycles. The Kier molecular flexibility index (Phi) is 3.57. The summed E-state index contributed by atoms with van der Waals surface area (Å²) >= 11 is 1.60. The van der Waals surface area contributed by atoms with Gasteiger partial charge in [0.15, 0.2) is 0 Å². The molecule has 0 bridgehead atoms. The first-order valence-corrected chi connectivity index (χ1v) is 5.04. The van der Waals surface area contributed by atoms with E-state index in [-0.39, 0.29) is 11.4 Å². The summed E-state index contributed by atoms with van der Waals surface area (Å²) in [6.45, 7) is 3.76. The molecule has 0 saturated carbocycles. The maximum absolute atomic E-state index is 9.28. The summed E-state index contributed by atoms with van der Waals surface area (Å²) in [5.74, 6) is 0.516. The van der Waals surface area contributed by atoms with Crippen LogP contribution in [0.4, 0.5) is 5.82 Å². The van der Waals surface area contributed by atoms with Crippen molar-refractivity contribution in [3.63, 3.8) is 0 Å². The number of aliphatic hydroxyl groups excluding tert-OH is 1. The van der Waals surface area contributed by atoms with Crippen LogP contribution in [0.25, 0.3) is 0 Å². The van der Waals surface area contributed by atoms with Gasteiger partial charge in [-0.2, -0.15) is 0 Å². The standard InChI is InChI=1S/C9H14N2OS/c1-6(12)7(2)13-8-3-4-11-9(10)5-8/h3-7,12H,1-2H3,(H2,10,11). The highest BCUT2D eigenvalue weighted by atomic mass is 32.2. The van der Waals surface area contributed by atoms with Crippen molar-refractivity contribution in [2.45, 2.75) is 30.1 Å². The van der Waals surface area contributed by atoms with E-state index in [1.54, 1.807) is 24.9 Å². The molecule has 3 nitrogen and oxygen atoms in total. The van der Waals surface area contributed by atoms with Gasteiger partial charge in [-0.15, -0.1) is 11.8 Å². The molecular weight excluding hydrogens is 184 g/mol. The zero-order chi connectivity index (χ0) is 9.84. The van der Waals surface area contributed by atoms with Crippen molar-refractivity contribution in [1.29, 1.82) is 0 Å². The van der Waals surface area contributed by atoms with Crippen LogP contribution < -0.4 is 5.73 Å². The molecular formula is C9H14N2OS. The maximum atomic E-state index is 9.28. The van der Waals surface area contributed by atoms with Crippen LogP contribution in [-0.4, -0.2) is 21.4 Å². The molecule has 13 heavy (non-hydrogen) atoms. The zero-order valence-corrected chi connectivity index (χ0v) is 8.58. The third-order valence-electron chi connectivity index (χ3n) is 1.75. The summed E-state index contributed by atoms with van der Waals surface area (Å²) in [6.07, 6.45) is 1.35. The summed E-state index contributed by atoms with van der Waals surface area (Å²) in [5, 5.41) is 9.45. The second-order valence-electron chi connectivity index (χ2n) is 2.98. The molecule has 0 aliphatic rings. The van der Waals surface area contributed by atoms with Gasteiger partial charge in [0.2, 0.25) is 0 Å². The summed E-state index contributed by atoms with van der Waals surface area (Å²) in [5.41, 5.74) is 5.52. The number of hydrogen-bond donors (Lipinski definition) is 2. The Balaban J connectivity index is 2.64. The lowest BCUT2D eigenvalue weighted by Gasteiger charge is -2.13. The predicted octanol–water partition coefficient (Wildman–Crippen LogP) is 1.53. The van der Waals surface area contributed by atoms with E-state index in [1.165, 1.54) is 0 Å². The molecule has 1 aromatic rings. The second kappa shape index (κ2) is 4.48. The fraction of sp³-hybridized carbons (Fsp3) is 0.444. The lowest BCUT2D eigenvalue weighted by atomic mass is 10.3. The Labute approximate surface area is 82.4 Å². The lowest BCUT2D eigenvalue weighted by Crippen LogP contribution is -2.14. The van der Waals surface area contributed by atoms with Crippen molar-refractivity contribution < 1.29 is 5.11 Å². The van der Waals surface area contributed by atoms with E-state index in [2.05, 4.69) is 4.98 Å². The molecule has 72 valence electrons. The molecule has 0 radical (unpaired) electrons. The molecule has 0 aliphatic carbocycles. The number of nitrogens with zero attached hydrogens (tertiary/aromatic N) is 1. The van der Waals surface area contributed by atoms with Gasteiger partial charge in [0.25, 0.3) is 0 Å². The van der Waals surface area contributed by atoms with E-state index in [0.29, 0.717) is 5.82 Å². The van der Waals surface area contributed by atoms with Gasteiger partial charge in [0.05, 0.1) is 6.10 Å². The third kappa shape index (κ3) is 3.24. The largest absolute Gasteiger partial charge is 0.392 e. The molecule has 3 N–H and O–H groups in total. The molecule has 0 aliphatic heterocycles. The van der Waals surface area contributed by atoms with Crippen molar-refractivity contribution in [2.75, 3.05) is 5.73 Å². The van der Waals surface area contributed by atoms with Gasteiger partial charge in [-0.3, -0.25) is 0 Å². The average Bonchev–Trinajstić information content (AvgIpc) is 2.04. The zero-order valence-electron chi connectivity index (χ0n) is 7.77. The van der Waals surface area contributed by atoms with Crippen LogP contribution in [0, 0.1) is 0 Å². The van der Waals surface area contributed by atoms with Crippen LogP contribution in [0.2, 0.25) is 0 Å². The monoisotopic (exact) mass is 198 g/mol. The third-order valence-corrected chi connectivity index (χ3v) is 3.05. The molecule has 0 spiro atoms. The molecule has 0 amide bonds. The molecule has 0 aromatic carbocycles. The van der Waals surface area contributed by atoms with Crippen LogP contribution in [0.1, 0.15) is 13.8 Å². The van der Waals surface area contributed by atoms with Crippen LogP contribution in [0.15, 0.2) is 23.2 Å². The number of pyridine rings is 1. The molecule has 0 saturated heterocycles. The first kappa shape index (κ1) is 10.3. The fourth-order valence-corrected chi connectivity index (χ4v) is 1.77. The van der Waals surface area contributed by atoms with Crippen molar-refractivity contribution in [2.24, 2.45) is 0 Å².